The van der Waals surface area contributed by atoms with Crippen LogP contribution in [0.25, 0.3) is 0 Å². The first kappa shape index (κ1) is 13.6. The van der Waals surface area contributed by atoms with Crippen LogP contribution in [0, 0.1) is 5.41 Å². The first-order chi connectivity index (χ1) is 9.05. The van der Waals surface area contributed by atoms with Gasteiger partial charge in [-0.3, -0.25) is 9.59 Å². The molecule has 0 saturated carbocycles. The zero-order valence-electron chi connectivity index (χ0n) is 11.2. The van der Waals surface area contributed by atoms with Crippen molar-refractivity contribution < 1.29 is 19.4 Å². The number of hydrogen-bond acceptors (Lipinski definition) is 3. The fraction of sp³-hybridized carbons (Fsp3) is 0.467. The van der Waals surface area contributed by atoms with Crippen LogP contribution in [0.2, 0.25) is 0 Å². The normalized spacial score (nSPS) is 23.8. The second-order valence-electron chi connectivity index (χ2n) is 4.88. The molecule has 0 amide bonds. The monoisotopic (exact) mass is 262 g/mol. The van der Waals surface area contributed by atoms with E-state index >= 15 is 0 Å². The van der Waals surface area contributed by atoms with Crippen molar-refractivity contribution in [3.63, 3.8) is 0 Å². The maximum atomic E-state index is 11.8. The molecule has 2 aliphatic carbocycles. The SMILES string of the molecule is CCCCCOC1=C2C=CC(=C1)C2(C(C)=O)C(=O)O. The van der Waals surface area contributed by atoms with Gasteiger partial charge in [-0.2, -0.15) is 0 Å². The number of carbonyl (C=O) groups excluding carboxylic acids is 1. The van der Waals surface area contributed by atoms with Crippen LogP contribution in [0.3, 0.4) is 0 Å². The third kappa shape index (κ3) is 1.91. The average Bonchev–Trinajstić information content (AvgIpc) is 2.88. The number of ether oxygens (including phenoxy) is 1. The van der Waals surface area contributed by atoms with Gasteiger partial charge in [0.05, 0.1) is 6.61 Å². The summed E-state index contributed by atoms with van der Waals surface area (Å²) in [7, 11) is 0. The Morgan fingerprint density at radius 3 is 2.58 bits per heavy atom. The largest absolute Gasteiger partial charge is 0.493 e. The van der Waals surface area contributed by atoms with Crippen LogP contribution in [-0.2, 0) is 14.3 Å². The summed E-state index contributed by atoms with van der Waals surface area (Å²) in [5.74, 6) is -0.969. The van der Waals surface area contributed by atoms with Crippen LogP contribution >= 0.6 is 0 Å². The summed E-state index contributed by atoms with van der Waals surface area (Å²) >= 11 is 0. The van der Waals surface area contributed by atoms with Gasteiger partial charge in [0.25, 0.3) is 0 Å². The Morgan fingerprint density at radius 2 is 2.05 bits per heavy atom. The molecule has 19 heavy (non-hydrogen) atoms. The highest BCUT2D eigenvalue weighted by Gasteiger charge is 2.55. The van der Waals surface area contributed by atoms with Gasteiger partial charge in [0.15, 0.2) is 11.2 Å². The number of rotatable bonds is 7. The quantitative estimate of drug-likeness (QED) is 0.566. The first-order valence-electron chi connectivity index (χ1n) is 6.57. The highest BCUT2D eigenvalue weighted by molar-refractivity contribution is 6.12. The van der Waals surface area contributed by atoms with Gasteiger partial charge in [0, 0.05) is 5.57 Å². The second-order valence-corrected chi connectivity index (χ2v) is 4.88. The minimum absolute atomic E-state index is 0.376. The Morgan fingerprint density at radius 1 is 1.32 bits per heavy atom. The molecule has 0 heterocycles. The highest BCUT2D eigenvalue weighted by Crippen LogP contribution is 2.50. The fourth-order valence-electron chi connectivity index (χ4n) is 2.66. The lowest BCUT2D eigenvalue weighted by Crippen LogP contribution is -2.37. The van der Waals surface area contributed by atoms with E-state index in [1.54, 1.807) is 18.2 Å². The minimum atomic E-state index is -1.53. The molecule has 0 aromatic carbocycles. The van der Waals surface area contributed by atoms with Crippen LogP contribution in [0.15, 0.2) is 35.1 Å². The van der Waals surface area contributed by atoms with Crippen LogP contribution in [0.4, 0.5) is 0 Å². The molecule has 2 bridgehead atoms. The van der Waals surface area contributed by atoms with Gasteiger partial charge < -0.3 is 9.84 Å². The molecule has 0 spiro atoms. The van der Waals surface area contributed by atoms with Crippen molar-refractivity contribution in [2.24, 2.45) is 5.41 Å². The van der Waals surface area contributed by atoms with Gasteiger partial charge in [-0.1, -0.05) is 31.9 Å². The van der Waals surface area contributed by atoms with Crippen molar-refractivity contribution in [2.75, 3.05) is 6.61 Å². The third-order valence-electron chi connectivity index (χ3n) is 3.67. The van der Waals surface area contributed by atoms with E-state index in [9.17, 15) is 14.7 Å². The number of ketones is 1. The Hall–Kier alpha value is -1.84. The smallest absolute Gasteiger partial charge is 0.326 e. The molecule has 0 aromatic rings. The van der Waals surface area contributed by atoms with Gasteiger partial charge in [-0.05, 0) is 25.0 Å². The fourth-order valence-corrected chi connectivity index (χ4v) is 2.66. The second kappa shape index (κ2) is 5.03. The lowest BCUT2D eigenvalue weighted by Gasteiger charge is -2.21. The maximum absolute atomic E-state index is 11.8. The Labute approximate surface area is 112 Å². The standard InChI is InChI=1S/C15H18O4/c1-3-4-5-8-19-13-9-11-6-7-12(13)15(11,10(2)16)14(17)18/h6-7,9H,3-5,8H2,1-2H3,(H,17,18). The Bertz CT molecular complexity index is 494. The number of carboxylic acid groups (broad SMARTS) is 1. The van der Waals surface area contributed by atoms with E-state index in [1.165, 1.54) is 6.92 Å². The Balaban J connectivity index is 2.23. The zero-order valence-corrected chi connectivity index (χ0v) is 11.2. The molecule has 4 nitrogen and oxygen atoms in total. The molecule has 0 saturated heterocycles. The first-order valence-corrected chi connectivity index (χ1v) is 6.57. The molecule has 0 radical (unpaired) electrons. The topological polar surface area (TPSA) is 63.6 Å². The summed E-state index contributed by atoms with van der Waals surface area (Å²) in [4.78, 5) is 23.4. The molecule has 4 heteroatoms. The summed E-state index contributed by atoms with van der Waals surface area (Å²) in [5, 5.41) is 9.45. The van der Waals surface area contributed by atoms with E-state index in [2.05, 4.69) is 6.92 Å². The summed E-state index contributed by atoms with van der Waals surface area (Å²) < 4.78 is 5.63. The molecule has 0 fully saturated rings. The van der Waals surface area contributed by atoms with Crippen LogP contribution in [0.5, 0.6) is 0 Å². The van der Waals surface area contributed by atoms with Gasteiger partial charge in [-0.25, -0.2) is 0 Å². The lowest BCUT2D eigenvalue weighted by atomic mass is 9.78. The van der Waals surface area contributed by atoms with E-state index in [1.807, 2.05) is 0 Å². The molecule has 0 aromatic heterocycles. The predicted molar refractivity (Wildman–Crippen MR) is 70.5 cm³/mol. The van der Waals surface area contributed by atoms with E-state index in [0.717, 1.165) is 19.3 Å². The van der Waals surface area contributed by atoms with Crippen molar-refractivity contribution >= 4 is 11.8 Å². The van der Waals surface area contributed by atoms with E-state index in [-0.39, 0.29) is 5.78 Å². The van der Waals surface area contributed by atoms with Crippen LogP contribution < -0.4 is 0 Å². The van der Waals surface area contributed by atoms with Crippen molar-refractivity contribution in [1.29, 1.82) is 0 Å². The summed E-state index contributed by atoms with van der Waals surface area (Å²) in [6.45, 7) is 3.97. The average molecular weight is 262 g/mol. The molecule has 1 N–H and O–H groups in total. The number of carbonyl (C=O) groups is 2. The number of Topliss-reactive ketones (excluding diaryl/α,β-unsaturated/α-hetero) is 1. The molecule has 1 atom stereocenters. The van der Waals surface area contributed by atoms with E-state index in [0.29, 0.717) is 23.5 Å². The number of unbranched alkanes of at least 4 members (excludes halogenated alkanes) is 2. The zero-order chi connectivity index (χ0) is 14.0. The van der Waals surface area contributed by atoms with E-state index in [4.69, 9.17) is 4.74 Å². The minimum Gasteiger partial charge on any atom is -0.493 e. The number of carboxylic acids is 1. The molecule has 102 valence electrons. The van der Waals surface area contributed by atoms with Gasteiger partial charge in [0.2, 0.25) is 0 Å². The van der Waals surface area contributed by atoms with Crippen molar-refractivity contribution in [3.05, 3.63) is 35.1 Å². The molecule has 1 unspecified atom stereocenters. The van der Waals surface area contributed by atoms with E-state index < -0.39 is 11.4 Å². The summed E-state index contributed by atoms with van der Waals surface area (Å²) in [6.07, 6.45) is 8.15. The molecule has 2 rings (SSSR count). The van der Waals surface area contributed by atoms with Crippen LogP contribution in [-0.4, -0.2) is 23.5 Å². The third-order valence-corrected chi connectivity index (χ3v) is 3.67. The molecule has 0 aliphatic heterocycles. The Kier molecular flexibility index (Phi) is 3.60. The summed E-state index contributed by atoms with van der Waals surface area (Å²) in [5.41, 5.74) is -0.549. The van der Waals surface area contributed by atoms with Gasteiger partial charge in [-0.15, -0.1) is 0 Å². The van der Waals surface area contributed by atoms with Crippen molar-refractivity contribution in [1.82, 2.24) is 0 Å². The van der Waals surface area contributed by atoms with Crippen LogP contribution in [0.1, 0.15) is 33.1 Å². The lowest BCUT2D eigenvalue weighted by molar-refractivity contribution is -0.148. The highest BCUT2D eigenvalue weighted by atomic mass is 16.5. The summed E-state index contributed by atoms with van der Waals surface area (Å²) in [6, 6.07) is 0. The molecular weight excluding hydrogens is 244 g/mol. The van der Waals surface area contributed by atoms with Gasteiger partial charge >= 0.3 is 5.97 Å². The number of fused-ring (bicyclic) bond motifs is 2. The number of hydrogen-bond donors (Lipinski definition) is 1. The van der Waals surface area contributed by atoms with Crippen molar-refractivity contribution in [2.45, 2.75) is 33.1 Å². The van der Waals surface area contributed by atoms with Crippen molar-refractivity contribution in [3.8, 4) is 0 Å². The van der Waals surface area contributed by atoms with Gasteiger partial charge in [0.1, 0.15) is 5.76 Å². The predicted octanol–water partition coefficient (Wildman–Crippen LogP) is 2.62. The molecular formula is C15H18O4. The number of allylic oxidation sites excluding steroid dienone is 3. The molecule has 2 aliphatic rings. The maximum Gasteiger partial charge on any atom is 0.326 e. The number of aliphatic carboxylic acids is 1.